The maximum absolute atomic E-state index is 12.3. The summed E-state index contributed by atoms with van der Waals surface area (Å²) in [7, 11) is 0. The average Bonchev–Trinajstić information content (AvgIpc) is 3.03. The van der Waals surface area contributed by atoms with Gasteiger partial charge in [-0.2, -0.15) is 0 Å². The molecule has 1 N–H and O–H groups in total. The summed E-state index contributed by atoms with van der Waals surface area (Å²) >= 11 is 0. The van der Waals surface area contributed by atoms with E-state index in [1.165, 1.54) is 4.90 Å². The van der Waals surface area contributed by atoms with Crippen LogP contribution in [0, 0.1) is 0 Å². The van der Waals surface area contributed by atoms with Crippen LogP contribution in [0.3, 0.4) is 0 Å². The van der Waals surface area contributed by atoms with E-state index in [-0.39, 0.29) is 6.03 Å². The van der Waals surface area contributed by atoms with Gasteiger partial charge < -0.3 is 14.9 Å². The quantitative estimate of drug-likeness (QED) is 0.799. The number of carboxylic acids is 1. The van der Waals surface area contributed by atoms with Crippen molar-refractivity contribution < 1.29 is 14.7 Å². The summed E-state index contributed by atoms with van der Waals surface area (Å²) < 4.78 is 0. The minimum absolute atomic E-state index is 0.162. The van der Waals surface area contributed by atoms with Crippen LogP contribution in [0.5, 0.6) is 0 Å². The summed E-state index contributed by atoms with van der Waals surface area (Å²) in [5.74, 6) is -0.973. The first-order valence-electron chi connectivity index (χ1n) is 6.17. The van der Waals surface area contributed by atoms with E-state index in [4.69, 9.17) is 0 Å². The zero-order valence-electron chi connectivity index (χ0n) is 11.1. The normalized spacial score (nSPS) is 15.5. The fourth-order valence-corrected chi connectivity index (χ4v) is 1.98. The highest BCUT2D eigenvalue weighted by Crippen LogP contribution is 2.29. The number of likely N-dealkylation sites (N-methyl/N-ethyl adjacent to an activating group) is 1. The van der Waals surface area contributed by atoms with Gasteiger partial charge >= 0.3 is 12.0 Å². The molecule has 0 aliphatic heterocycles. The van der Waals surface area contributed by atoms with Crippen LogP contribution in [0.2, 0.25) is 0 Å². The van der Waals surface area contributed by atoms with Crippen LogP contribution in [-0.2, 0) is 4.79 Å². The molecule has 0 unspecified atom stereocenters. The Bertz CT molecular complexity index is 311. The number of urea groups is 1. The van der Waals surface area contributed by atoms with Crippen molar-refractivity contribution in [2.24, 2.45) is 0 Å². The molecular formula is C12H22N2O3. The molecule has 1 aliphatic carbocycles. The van der Waals surface area contributed by atoms with Crippen LogP contribution in [-0.4, -0.2) is 51.6 Å². The molecule has 2 amide bonds. The number of carbonyl (C=O) groups excluding carboxylic acids is 1. The lowest BCUT2D eigenvalue weighted by molar-refractivity contribution is -0.147. The molecule has 0 heterocycles. The molecule has 0 saturated heterocycles. The topological polar surface area (TPSA) is 60.9 Å². The van der Waals surface area contributed by atoms with Crippen LogP contribution in [0.1, 0.15) is 40.5 Å². The minimum atomic E-state index is -1.16. The first-order valence-corrected chi connectivity index (χ1v) is 6.17. The molecule has 5 heteroatoms. The summed E-state index contributed by atoms with van der Waals surface area (Å²) in [5, 5.41) is 9.19. The fraction of sp³-hybridized carbons (Fsp3) is 0.833. The monoisotopic (exact) mass is 242 g/mol. The van der Waals surface area contributed by atoms with Gasteiger partial charge in [-0.3, -0.25) is 0 Å². The van der Waals surface area contributed by atoms with E-state index in [1.807, 2.05) is 13.8 Å². The van der Waals surface area contributed by atoms with Gasteiger partial charge in [-0.15, -0.1) is 0 Å². The molecule has 0 aromatic heterocycles. The number of rotatable bonds is 5. The second-order valence-electron chi connectivity index (χ2n) is 4.91. The predicted molar refractivity (Wildman–Crippen MR) is 64.9 cm³/mol. The highest BCUT2D eigenvalue weighted by atomic mass is 16.4. The third-order valence-corrected chi connectivity index (χ3v) is 3.32. The molecule has 5 nitrogen and oxygen atoms in total. The molecule has 0 spiro atoms. The number of hydrogen-bond acceptors (Lipinski definition) is 2. The van der Waals surface area contributed by atoms with Crippen molar-refractivity contribution in [2.75, 3.05) is 13.1 Å². The summed E-state index contributed by atoms with van der Waals surface area (Å²) in [4.78, 5) is 26.7. The Morgan fingerprint density at radius 2 is 1.76 bits per heavy atom. The lowest BCUT2D eigenvalue weighted by Crippen LogP contribution is -2.57. The second kappa shape index (κ2) is 4.94. The smallest absolute Gasteiger partial charge is 0.329 e. The third kappa shape index (κ3) is 2.70. The molecule has 1 saturated carbocycles. The molecule has 0 bridgehead atoms. The maximum atomic E-state index is 12.3. The standard InChI is InChI=1S/C12H22N2O3/c1-5-13(9-7-8-9)11(17)14(6-2)12(3,4)10(15)16/h9H,5-8H2,1-4H3,(H,15,16). The maximum Gasteiger partial charge on any atom is 0.329 e. The molecule has 1 rings (SSSR count). The van der Waals surface area contributed by atoms with Gasteiger partial charge in [0.15, 0.2) is 0 Å². The highest BCUT2D eigenvalue weighted by Gasteiger charge is 2.41. The Hall–Kier alpha value is -1.26. The summed E-state index contributed by atoms with van der Waals surface area (Å²) in [6.07, 6.45) is 2.06. The van der Waals surface area contributed by atoms with Crippen molar-refractivity contribution in [3.63, 3.8) is 0 Å². The Labute approximate surface area is 102 Å². The van der Waals surface area contributed by atoms with Crippen molar-refractivity contribution in [1.29, 1.82) is 0 Å². The number of carbonyl (C=O) groups is 2. The molecule has 1 aliphatic rings. The summed E-state index contributed by atoms with van der Waals surface area (Å²) in [5.41, 5.74) is -1.16. The molecule has 17 heavy (non-hydrogen) atoms. The van der Waals surface area contributed by atoms with Crippen molar-refractivity contribution >= 4 is 12.0 Å². The number of carboxylic acid groups (broad SMARTS) is 1. The molecule has 98 valence electrons. The largest absolute Gasteiger partial charge is 0.480 e. The zero-order chi connectivity index (χ0) is 13.2. The number of amides is 2. The second-order valence-corrected chi connectivity index (χ2v) is 4.91. The van der Waals surface area contributed by atoms with Crippen LogP contribution in [0.15, 0.2) is 0 Å². The molecule has 1 fully saturated rings. The Balaban J connectivity index is 2.85. The molecule has 0 radical (unpaired) electrons. The van der Waals surface area contributed by atoms with Gasteiger partial charge in [-0.25, -0.2) is 9.59 Å². The van der Waals surface area contributed by atoms with Crippen LogP contribution < -0.4 is 0 Å². The Morgan fingerprint density at radius 3 is 2.06 bits per heavy atom. The van der Waals surface area contributed by atoms with Crippen molar-refractivity contribution in [3.8, 4) is 0 Å². The van der Waals surface area contributed by atoms with Gasteiger partial charge in [-0.1, -0.05) is 0 Å². The van der Waals surface area contributed by atoms with E-state index in [0.717, 1.165) is 12.8 Å². The van der Waals surface area contributed by atoms with Gasteiger partial charge in [0, 0.05) is 19.1 Å². The first kappa shape index (κ1) is 13.8. The van der Waals surface area contributed by atoms with Crippen LogP contribution >= 0.6 is 0 Å². The van der Waals surface area contributed by atoms with Crippen molar-refractivity contribution in [2.45, 2.75) is 52.1 Å². The van der Waals surface area contributed by atoms with Crippen molar-refractivity contribution in [1.82, 2.24) is 9.80 Å². The lowest BCUT2D eigenvalue weighted by Gasteiger charge is -2.38. The zero-order valence-corrected chi connectivity index (χ0v) is 11.1. The van der Waals surface area contributed by atoms with Crippen LogP contribution in [0.4, 0.5) is 4.79 Å². The number of aliphatic carboxylic acids is 1. The number of hydrogen-bond donors (Lipinski definition) is 1. The molecular weight excluding hydrogens is 220 g/mol. The van der Waals surface area contributed by atoms with Gasteiger partial charge in [0.05, 0.1) is 0 Å². The van der Waals surface area contributed by atoms with Crippen LogP contribution in [0.25, 0.3) is 0 Å². The van der Waals surface area contributed by atoms with E-state index in [1.54, 1.807) is 18.7 Å². The Kier molecular flexibility index (Phi) is 4.01. The van der Waals surface area contributed by atoms with Gasteiger partial charge in [0.2, 0.25) is 0 Å². The van der Waals surface area contributed by atoms with E-state index in [9.17, 15) is 14.7 Å². The lowest BCUT2D eigenvalue weighted by atomic mass is 10.0. The Morgan fingerprint density at radius 1 is 1.24 bits per heavy atom. The average molecular weight is 242 g/mol. The highest BCUT2D eigenvalue weighted by molar-refractivity contribution is 5.85. The van der Waals surface area contributed by atoms with Gasteiger partial charge in [0.25, 0.3) is 0 Å². The van der Waals surface area contributed by atoms with Crippen molar-refractivity contribution in [3.05, 3.63) is 0 Å². The summed E-state index contributed by atoms with van der Waals surface area (Å²) in [6, 6.07) is 0.149. The fourth-order valence-electron chi connectivity index (χ4n) is 1.98. The summed E-state index contributed by atoms with van der Waals surface area (Å²) in [6.45, 7) is 7.91. The van der Waals surface area contributed by atoms with Gasteiger partial charge in [0.1, 0.15) is 5.54 Å². The number of nitrogens with zero attached hydrogens (tertiary/aromatic N) is 2. The van der Waals surface area contributed by atoms with E-state index in [0.29, 0.717) is 19.1 Å². The first-order chi connectivity index (χ1) is 7.86. The molecule has 0 aromatic carbocycles. The molecule has 0 atom stereocenters. The van der Waals surface area contributed by atoms with Gasteiger partial charge in [-0.05, 0) is 40.5 Å². The SMILES string of the molecule is CCN(C(=O)N(CC)C(C)(C)C(=O)O)C1CC1. The van der Waals surface area contributed by atoms with E-state index >= 15 is 0 Å². The third-order valence-electron chi connectivity index (χ3n) is 3.32. The van der Waals surface area contributed by atoms with E-state index in [2.05, 4.69) is 0 Å². The predicted octanol–water partition coefficient (Wildman–Crippen LogP) is 1.78. The molecule has 0 aromatic rings. The minimum Gasteiger partial charge on any atom is -0.480 e. The van der Waals surface area contributed by atoms with E-state index < -0.39 is 11.5 Å².